The molecule has 0 spiro atoms. The molecule has 2 unspecified atom stereocenters. The summed E-state index contributed by atoms with van der Waals surface area (Å²) in [5.41, 5.74) is 1.41. The predicted octanol–water partition coefficient (Wildman–Crippen LogP) is 3.74. The second-order valence-electron chi connectivity index (χ2n) is 8.26. The van der Waals surface area contributed by atoms with E-state index in [1.165, 1.54) is 34.6 Å². The summed E-state index contributed by atoms with van der Waals surface area (Å²) >= 11 is 0. The van der Waals surface area contributed by atoms with Crippen LogP contribution in [0.3, 0.4) is 0 Å². The Hall–Kier alpha value is -2.67. The summed E-state index contributed by atoms with van der Waals surface area (Å²) in [5, 5.41) is 0. The minimum Gasteiger partial charge on any atom is -0.489 e. The summed E-state index contributed by atoms with van der Waals surface area (Å²) in [7, 11) is -4.05. The molecule has 8 nitrogen and oxygen atoms in total. The summed E-state index contributed by atoms with van der Waals surface area (Å²) in [6.07, 6.45) is -2.81. The Labute approximate surface area is 201 Å². The van der Waals surface area contributed by atoms with Crippen LogP contribution in [0.15, 0.2) is 53.4 Å². The Balaban J connectivity index is 1.41. The summed E-state index contributed by atoms with van der Waals surface area (Å²) in [4.78, 5) is 17.8. The van der Waals surface area contributed by atoms with Crippen molar-refractivity contribution in [2.45, 2.75) is 49.1 Å². The molecule has 190 valence electrons. The van der Waals surface area contributed by atoms with Crippen molar-refractivity contribution in [3.8, 4) is 5.75 Å². The third-order valence-electron chi connectivity index (χ3n) is 5.76. The molecular weight excluding hydrogens is 489 g/mol. The second kappa shape index (κ2) is 10.5. The number of rotatable bonds is 7. The van der Waals surface area contributed by atoms with Gasteiger partial charge in [-0.1, -0.05) is 12.1 Å². The summed E-state index contributed by atoms with van der Waals surface area (Å²) in [6.45, 7) is 0.651. The number of alkyl halides is 3. The van der Waals surface area contributed by atoms with Crippen molar-refractivity contribution in [1.29, 1.82) is 0 Å². The lowest BCUT2D eigenvalue weighted by atomic mass is 10.2. The number of carbonyl (C=O) groups excluding carboxylic acids is 1. The maximum absolute atomic E-state index is 13.3. The second-order valence-corrected chi connectivity index (χ2v) is 10.2. The van der Waals surface area contributed by atoms with E-state index in [2.05, 4.69) is 5.48 Å². The lowest BCUT2D eigenvalue weighted by Gasteiger charge is -2.23. The topological polar surface area (TPSA) is 94.2 Å². The number of hydrogen-bond acceptors (Lipinski definition) is 6. The number of nitrogens with one attached hydrogen (secondary N) is 1. The normalized spacial score (nSPS) is 21.6. The zero-order chi connectivity index (χ0) is 25.1. The van der Waals surface area contributed by atoms with E-state index < -0.39 is 40.1 Å². The van der Waals surface area contributed by atoms with Gasteiger partial charge in [-0.05, 0) is 55.7 Å². The highest BCUT2D eigenvalue weighted by Gasteiger charge is 2.36. The van der Waals surface area contributed by atoms with Crippen LogP contribution in [0, 0.1) is 0 Å². The van der Waals surface area contributed by atoms with Gasteiger partial charge in [0.1, 0.15) is 11.9 Å². The number of nitrogens with zero attached hydrogens (tertiary/aromatic N) is 1. The number of ether oxygens (including phenoxy) is 2. The molecule has 2 heterocycles. The maximum Gasteiger partial charge on any atom is 0.416 e. The van der Waals surface area contributed by atoms with Gasteiger partial charge in [0.05, 0.1) is 22.6 Å². The smallest absolute Gasteiger partial charge is 0.416 e. The van der Waals surface area contributed by atoms with Crippen LogP contribution >= 0.6 is 0 Å². The van der Waals surface area contributed by atoms with E-state index in [1.54, 1.807) is 6.07 Å². The van der Waals surface area contributed by atoms with Crippen molar-refractivity contribution in [1.82, 2.24) is 9.79 Å². The molecule has 0 bridgehead atoms. The molecule has 2 aliphatic rings. The van der Waals surface area contributed by atoms with Crippen molar-refractivity contribution >= 4 is 15.9 Å². The van der Waals surface area contributed by atoms with Gasteiger partial charge >= 0.3 is 6.18 Å². The fourth-order valence-corrected chi connectivity index (χ4v) is 5.60. The van der Waals surface area contributed by atoms with Crippen LogP contribution in [0.2, 0.25) is 0 Å². The molecule has 12 heteroatoms. The SMILES string of the molecule is O=C(NOC1CCCCO1)c1ccccc1S(=O)(=O)N1CCC(Oc2ccc(C(F)(F)F)cc2)C1. The van der Waals surface area contributed by atoms with Crippen LogP contribution in [0.4, 0.5) is 13.2 Å². The molecule has 1 amide bonds. The largest absolute Gasteiger partial charge is 0.489 e. The molecule has 2 aromatic carbocycles. The highest BCUT2D eigenvalue weighted by molar-refractivity contribution is 7.89. The number of amides is 1. The average molecular weight is 515 g/mol. The predicted molar refractivity (Wildman–Crippen MR) is 118 cm³/mol. The number of carbonyl (C=O) groups is 1. The van der Waals surface area contributed by atoms with Crippen molar-refractivity contribution in [3.63, 3.8) is 0 Å². The molecule has 2 aliphatic heterocycles. The lowest BCUT2D eigenvalue weighted by Crippen LogP contribution is -2.35. The van der Waals surface area contributed by atoms with E-state index in [-0.39, 0.29) is 29.3 Å². The van der Waals surface area contributed by atoms with Crippen molar-refractivity contribution < 1.29 is 40.7 Å². The highest BCUT2D eigenvalue weighted by atomic mass is 32.2. The molecule has 2 aromatic rings. The minimum absolute atomic E-state index is 0.00821. The highest BCUT2D eigenvalue weighted by Crippen LogP contribution is 2.31. The van der Waals surface area contributed by atoms with Gasteiger partial charge < -0.3 is 9.47 Å². The summed E-state index contributed by atoms with van der Waals surface area (Å²) in [5.74, 6) is -0.501. The minimum atomic E-state index is -4.45. The quantitative estimate of drug-likeness (QED) is 0.566. The standard InChI is InChI=1S/C23H25F3N2O6S/c24-23(25,26)16-8-10-17(11-9-16)33-18-12-13-28(15-18)35(30,31)20-6-2-1-5-19(20)22(29)27-34-21-7-3-4-14-32-21/h1-2,5-6,8-11,18,21H,3-4,7,12-15H2,(H,27,29). The van der Waals surface area contributed by atoms with Crippen LogP contribution in [0.5, 0.6) is 5.75 Å². The van der Waals surface area contributed by atoms with Gasteiger partial charge in [-0.25, -0.2) is 18.7 Å². The van der Waals surface area contributed by atoms with Crippen LogP contribution in [-0.2, 0) is 25.8 Å². The first kappa shape index (κ1) is 25.4. The number of hydrogen-bond donors (Lipinski definition) is 1. The Kier molecular flexibility index (Phi) is 7.64. The van der Waals surface area contributed by atoms with E-state index in [0.29, 0.717) is 19.4 Å². The summed E-state index contributed by atoms with van der Waals surface area (Å²) in [6, 6.07) is 10.0. The molecule has 35 heavy (non-hydrogen) atoms. The van der Waals surface area contributed by atoms with E-state index in [9.17, 15) is 26.4 Å². The fraction of sp³-hybridized carbons (Fsp3) is 0.435. The number of hydroxylamine groups is 1. The van der Waals surface area contributed by atoms with Gasteiger partial charge in [-0.2, -0.15) is 17.5 Å². The Morgan fingerprint density at radius 1 is 1.06 bits per heavy atom. The zero-order valence-electron chi connectivity index (χ0n) is 18.7. The maximum atomic E-state index is 13.3. The lowest BCUT2D eigenvalue weighted by molar-refractivity contribution is -0.186. The van der Waals surface area contributed by atoms with Crippen molar-refractivity contribution in [2.24, 2.45) is 0 Å². The molecule has 2 saturated heterocycles. The Morgan fingerprint density at radius 3 is 2.49 bits per heavy atom. The molecule has 0 saturated carbocycles. The zero-order valence-corrected chi connectivity index (χ0v) is 19.5. The molecule has 0 aliphatic carbocycles. The Bertz CT molecular complexity index is 1130. The monoisotopic (exact) mass is 514 g/mol. The first-order valence-corrected chi connectivity index (χ1v) is 12.6. The summed E-state index contributed by atoms with van der Waals surface area (Å²) < 4.78 is 77.2. The van der Waals surface area contributed by atoms with Crippen LogP contribution in [0.25, 0.3) is 0 Å². The van der Waals surface area contributed by atoms with E-state index in [1.807, 2.05) is 0 Å². The molecule has 4 rings (SSSR count). The van der Waals surface area contributed by atoms with Crippen LogP contribution < -0.4 is 10.2 Å². The number of benzene rings is 2. The van der Waals surface area contributed by atoms with Gasteiger partial charge in [-0.15, -0.1) is 0 Å². The van der Waals surface area contributed by atoms with Crippen molar-refractivity contribution in [2.75, 3.05) is 19.7 Å². The van der Waals surface area contributed by atoms with Crippen LogP contribution in [0.1, 0.15) is 41.6 Å². The number of halogens is 3. The molecule has 1 N–H and O–H groups in total. The molecule has 0 aromatic heterocycles. The number of sulfonamides is 1. The first-order valence-electron chi connectivity index (χ1n) is 11.2. The Morgan fingerprint density at radius 2 is 1.80 bits per heavy atom. The molecule has 2 atom stereocenters. The van der Waals surface area contributed by atoms with E-state index in [4.69, 9.17) is 14.3 Å². The third-order valence-corrected chi connectivity index (χ3v) is 7.69. The van der Waals surface area contributed by atoms with Gasteiger partial charge in [-0.3, -0.25) is 4.79 Å². The molecular formula is C23H25F3N2O6S. The van der Waals surface area contributed by atoms with Crippen molar-refractivity contribution in [3.05, 3.63) is 59.7 Å². The first-order chi connectivity index (χ1) is 16.6. The van der Waals surface area contributed by atoms with Gasteiger partial charge in [0.2, 0.25) is 10.0 Å². The average Bonchev–Trinajstić information content (AvgIpc) is 3.32. The molecule has 2 fully saturated rings. The molecule has 0 radical (unpaired) electrons. The van der Waals surface area contributed by atoms with E-state index in [0.717, 1.165) is 25.0 Å². The van der Waals surface area contributed by atoms with Gasteiger partial charge in [0.25, 0.3) is 5.91 Å². The van der Waals surface area contributed by atoms with E-state index >= 15 is 0 Å². The fourth-order valence-electron chi connectivity index (χ4n) is 3.92. The third kappa shape index (κ3) is 6.13. The van der Waals surface area contributed by atoms with Gasteiger partial charge in [0.15, 0.2) is 6.29 Å². The van der Waals surface area contributed by atoms with Crippen LogP contribution in [-0.4, -0.2) is 50.7 Å². The van der Waals surface area contributed by atoms with Gasteiger partial charge in [0, 0.05) is 19.6 Å².